The predicted octanol–water partition coefficient (Wildman–Crippen LogP) is 4.62. The molecule has 0 spiro atoms. The van der Waals surface area contributed by atoms with Crippen LogP contribution >= 0.6 is 0 Å². The van der Waals surface area contributed by atoms with Crippen LogP contribution in [0.25, 0.3) is 11.8 Å². The Morgan fingerprint density at radius 3 is 2.61 bits per heavy atom. The molecule has 0 N–H and O–H groups in total. The molecule has 0 atom stereocenters. The van der Waals surface area contributed by atoms with Crippen LogP contribution in [0, 0.1) is 12.7 Å². The summed E-state index contributed by atoms with van der Waals surface area (Å²) < 4.78 is 25.5. The minimum absolute atomic E-state index is 0.167. The van der Waals surface area contributed by atoms with Crippen LogP contribution < -0.4 is 9.47 Å². The smallest absolute Gasteiger partial charge is 0.189 e. The summed E-state index contributed by atoms with van der Waals surface area (Å²) in [4.78, 5) is 12.6. The fourth-order valence-corrected chi connectivity index (χ4v) is 2.82. The highest BCUT2D eigenvalue weighted by atomic mass is 19.1. The summed E-state index contributed by atoms with van der Waals surface area (Å²) in [5.74, 6) is 0.778. The normalized spacial score (nSPS) is 11.0. The molecule has 3 aromatic rings. The number of rotatable bonds is 7. The number of hydrogen-bond acceptors (Lipinski definition) is 4. The first-order valence-electron chi connectivity index (χ1n) is 8.87. The van der Waals surface area contributed by atoms with Crippen LogP contribution in [0.4, 0.5) is 4.39 Å². The van der Waals surface area contributed by atoms with Gasteiger partial charge in [0, 0.05) is 0 Å². The molecule has 0 aliphatic rings. The fourth-order valence-electron chi connectivity index (χ4n) is 2.82. The summed E-state index contributed by atoms with van der Waals surface area (Å²) in [5, 5.41) is 4.26. The van der Waals surface area contributed by atoms with E-state index in [-0.39, 0.29) is 11.6 Å². The summed E-state index contributed by atoms with van der Waals surface area (Å²) in [6.45, 7) is 4.22. The van der Waals surface area contributed by atoms with Crippen LogP contribution in [0.15, 0.2) is 54.7 Å². The minimum atomic E-state index is -0.321. The van der Waals surface area contributed by atoms with Gasteiger partial charge in [0.25, 0.3) is 0 Å². The number of methoxy groups -OCH3 is 1. The number of halogens is 1. The summed E-state index contributed by atoms with van der Waals surface area (Å²) in [5.41, 5.74) is 2.68. The third kappa shape index (κ3) is 4.11. The van der Waals surface area contributed by atoms with Crippen LogP contribution in [0.3, 0.4) is 0 Å². The van der Waals surface area contributed by atoms with Gasteiger partial charge in [-0.3, -0.25) is 4.79 Å². The molecule has 0 unspecified atom stereocenters. The molecule has 3 rings (SSSR count). The molecule has 0 bridgehead atoms. The lowest BCUT2D eigenvalue weighted by molar-refractivity contribution is 0.104. The number of benzene rings is 2. The van der Waals surface area contributed by atoms with Gasteiger partial charge in [0.15, 0.2) is 17.3 Å². The van der Waals surface area contributed by atoms with E-state index in [1.54, 1.807) is 43.0 Å². The zero-order chi connectivity index (χ0) is 20.1. The molecule has 0 aliphatic carbocycles. The molecule has 144 valence electrons. The van der Waals surface area contributed by atoms with E-state index in [4.69, 9.17) is 9.47 Å². The Morgan fingerprint density at radius 2 is 1.93 bits per heavy atom. The number of ketones is 1. The Bertz CT molecular complexity index is 1010. The first-order valence-corrected chi connectivity index (χ1v) is 8.87. The third-order valence-electron chi connectivity index (χ3n) is 4.26. The predicted molar refractivity (Wildman–Crippen MR) is 106 cm³/mol. The quantitative estimate of drug-likeness (QED) is 0.443. The Morgan fingerprint density at radius 1 is 1.18 bits per heavy atom. The number of nitrogens with zero attached hydrogens (tertiary/aromatic N) is 2. The van der Waals surface area contributed by atoms with Crippen molar-refractivity contribution in [3.63, 3.8) is 0 Å². The Balaban J connectivity index is 1.82. The standard InChI is InChI=1S/C22H21FN2O3/c1-4-28-22-13-16(6-12-21(22)27-3)5-11-20(26)19-14-24-25(15(19)2)18-9-7-17(23)8-10-18/h5-14H,4H2,1-3H3/b11-5+. The molecular weight excluding hydrogens is 359 g/mol. The summed E-state index contributed by atoms with van der Waals surface area (Å²) in [6.07, 6.45) is 4.74. The van der Waals surface area contributed by atoms with Gasteiger partial charge < -0.3 is 9.47 Å². The van der Waals surface area contributed by atoms with E-state index in [9.17, 15) is 9.18 Å². The van der Waals surface area contributed by atoms with Crippen molar-refractivity contribution in [3.8, 4) is 17.2 Å². The van der Waals surface area contributed by atoms with Crippen LogP contribution in [0.1, 0.15) is 28.5 Å². The first kappa shape index (κ1) is 19.4. The molecule has 28 heavy (non-hydrogen) atoms. The van der Waals surface area contributed by atoms with Gasteiger partial charge in [0.2, 0.25) is 0 Å². The molecule has 2 aromatic carbocycles. The average molecular weight is 380 g/mol. The lowest BCUT2D eigenvalue weighted by atomic mass is 10.1. The molecule has 5 nitrogen and oxygen atoms in total. The lowest BCUT2D eigenvalue weighted by Gasteiger charge is -2.09. The van der Waals surface area contributed by atoms with Crippen LogP contribution in [0.2, 0.25) is 0 Å². The molecule has 0 radical (unpaired) electrons. The highest BCUT2D eigenvalue weighted by molar-refractivity contribution is 6.07. The van der Waals surface area contributed by atoms with Crippen molar-refractivity contribution in [1.29, 1.82) is 0 Å². The van der Waals surface area contributed by atoms with E-state index in [2.05, 4.69) is 5.10 Å². The second-order valence-corrected chi connectivity index (χ2v) is 6.07. The number of ether oxygens (including phenoxy) is 2. The van der Waals surface area contributed by atoms with E-state index in [0.717, 1.165) is 5.56 Å². The van der Waals surface area contributed by atoms with Crippen molar-refractivity contribution in [3.05, 3.63) is 77.4 Å². The van der Waals surface area contributed by atoms with Crippen molar-refractivity contribution in [2.75, 3.05) is 13.7 Å². The number of carbonyl (C=O) groups is 1. The molecule has 0 fully saturated rings. The summed E-state index contributed by atoms with van der Waals surface area (Å²) in [7, 11) is 1.58. The third-order valence-corrected chi connectivity index (χ3v) is 4.26. The molecule has 6 heteroatoms. The number of aromatic nitrogens is 2. The second kappa shape index (κ2) is 8.52. The van der Waals surface area contributed by atoms with Crippen LogP contribution in [-0.2, 0) is 0 Å². The van der Waals surface area contributed by atoms with E-state index in [0.29, 0.717) is 35.1 Å². The van der Waals surface area contributed by atoms with Gasteiger partial charge >= 0.3 is 0 Å². The maximum absolute atomic E-state index is 13.1. The zero-order valence-electron chi connectivity index (χ0n) is 16.0. The maximum atomic E-state index is 13.1. The van der Waals surface area contributed by atoms with Gasteiger partial charge in [-0.15, -0.1) is 0 Å². The first-order chi connectivity index (χ1) is 13.5. The van der Waals surface area contributed by atoms with E-state index >= 15 is 0 Å². The number of allylic oxidation sites excluding steroid dienone is 1. The van der Waals surface area contributed by atoms with Crippen molar-refractivity contribution >= 4 is 11.9 Å². The summed E-state index contributed by atoms with van der Waals surface area (Å²) in [6, 6.07) is 11.4. The van der Waals surface area contributed by atoms with Gasteiger partial charge in [0.1, 0.15) is 5.82 Å². The zero-order valence-corrected chi connectivity index (χ0v) is 16.0. The monoisotopic (exact) mass is 380 g/mol. The van der Waals surface area contributed by atoms with Crippen LogP contribution in [-0.4, -0.2) is 29.3 Å². The topological polar surface area (TPSA) is 53.3 Å². The Labute approximate surface area is 163 Å². The molecular formula is C22H21FN2O3. The van der Waals surface area contributed by atoms with Crippen LogP contribution in [0.5, 0.6) is 11.5 Å². The largest absolute Gasteiger partial charge is 0.493 e. The van der Waals surface area contributed by atoms with E-state index in [1.807, 2.05) is 19.1 Å². The SMILES string of the molecule is CCOc1cc(/C=C/C(=O)c2cnn(-c3ccc(F)cc3)c2C)ccc1OC. The van der Waals surface area contributed by atoms with Crippen molar-refractivity contribution in [1.82, 2.24) is 9.78 Å². The molecule has 0 saturated heterocycles. The van der Waals surface area contributed by atoms with E-state index < -0.39 is 0 Å². The average Bonchev–Trinajstić information content (AvgIpc) is 3.08. The molecule has 1 heterocycles. The fraction of sp³-hybridized carbons (Fsp3) is 0.182. The highest BCUT2D eigenvalue weighted by Gasteiger charge is 2.13. The second-order valence-electron chi connectivity index (χ2n) is 6.07. The molecule has 0 amide bonds. The minimum Gasteiger partial charge on any atom is -0.493 e. The van der Waals surface area contributed by atoms with Crippen molar-refractivity contribution < 1.29 is 18.7 Å². The van der Waals surface area contributed by atoms with Gasteiger partial charge in [0.05, 0.1) is 36.9 Å². The number of carbonyl (C=O) groups excluding carboxylic acids is 1. The number of hydrogen-bond donors (Lipinski definition) is 0. The Kier molecular flexibility index (Phi) is 5.89. The molecule has 0 saturated carbocycles. The summed E-state index contributed by atoms with van der Waals surface area (Å²) >= 11 is 0. The van der Waals surface area contributed by atoms with Crippen molar-refractivity contribution in [2.24, 2.45) is 0 Å². The van der Waals surface area contributed by atoms with Gasteiger partial charge in [-0.1, -0.05) is 12.1 Å². The molecule has 1 aromatic heterocycles. The van der Waals surface area contributed by atoms with Crippen molar-refractivity contribution in [2.45, 2.75) is 13.8 Å². The van der Waals surface area contributed by atoms with Gasteiger partial charge in [-0.05, 0) is 61.9 Å². The maximum Gasteiger partial charge on any atom is 0.189 e. The Hall–Kier alpha value is -3.41. The molecule has 0 aliphatic heterocycles. The highest BCUT2D eigenvalue weighted by Crippen LogP contribution is 2.28. The van der Waals surface area contributed by atoms with Gasteiger partial charge in [-0.2, -0.15) is 5.10 Å². The lowest BCUT2D eigenvalue weighted by Crippen LogP contribution is -2.01. The van der Waals surface area contributed by atoms with Gasteiger partial charge in [-0.25, -0.2) is 9.07 Å². The van der Waals surface area contributed by atoms with E-state index in [1.165, 1.54) is 24.4 Å².